The predicted molar refractivity (Wildman–Crippen MR) is 63.9 cm³/mol. The van der Waals surface area contributed by atoms with Gasteiger partial charge in [-0.05, 0) is 32.2 Å². The van der Waals surface area contributed by atoms with Crippen LogP contribution in [0, 0.1) is 12.8 Å². The molecule has 0 bridgehead atoms. The summed E-state index contributed by atoms with van der Waals surface area (Å²) >= 11 is 1.74. The molecular weight excluding hydrogens is 206 g/mol. The molecule has 4 heteroatoms. The van der Waals surface area contributed by atoms with Crippen molar-refractivity contribution >= 4 is 11.3 Å². The summed E-state index contributed by atoms with van der Waals surface area (Å²) in [6.45, 7) is 3.85. The Bertz CT molecular complexity index is 311. The molecule has 84 valence electrons. The largest absolute Gasteiger partial charge is 0.330 e. The van der Waals surface area contributed by atoms with Crippen LogP contribution in [0.2, 0.25) is 0 Å². The van der Waals surface area contributed by atoms with Crippen LogP contribution in [0.5, 0.6) is 0 Å². The molecule has 0 radical (unpaired) electrons. The Kier molecular flexibility index (Phi) is 3.72. The first-order valence-corrected chi connectivity index (χ1v) is 6.51. The zero-order valence-electron chi connectivity index (χ0n) is 9.20. The molecule has 3 nitrogen and oxygen atoms in total. The third kappa shape index (κ3) is 2.56. The van der Waals surface area contributed by atoms with Crippen molar-refractivity contribution in [2.45, 2.75) is 38.8 Å². The highest BCUT2D eigenvalue weighted by Gasteiger charge is 2.25. The van der Waals surface area contributed by atoms with E-state index < -0.39 is 0 Å². The monoisotopic (exact) mass is 225 g/mol. The van der Waals surface area contributed by atoms with Crippen molar-refractivity contribution in [3.63, 3.8) is 0 Å². The maximum absolute atomic E-state index is 5.75. The van der Waals surface area contributed by atoms with E-state index in [1.807, 2.05) is 5.51 Å². The van der Waals surface area contributed by atoms with E-state index in [4.69, 9.17) is 5.73 Å². The van der Waals surface area contributed by atoms with Gasteiger partial charge in [-0.2, -0.15) is 0 Å². The van der Waals surface area contributed by atoms with Crippen molar-refractivity contribution in [1.29, 1.82) is 0 Å². The van der Waals surface area contributed by atoms with Gasteiger partial charge in [-0.1, -0.05) is 6.42 Å². The normalized spacial score (nSPS) is 26.0. The molecule has 3 N–H and O–H groups in total. The Balaban J connectivity index is 1.85. The average Bonchev–Trinajstić information content (AvgIpc) is 2.83. The standard InChI is InChI=1S/C11H19N3S/c1-8-11(15-7-14-8)6-13-10-4-2-3-9(10)5-12/h7,9-10,13H,2-6,12H2,1H3. The van der Waals surface area contributed by atoms with E-state index in [2.05, 4.69) is 17.2 Å². The lowest BCUT2D eigenvalue weighted by molar-refractivity contribution is 0.407. The molecule has 1 fully saturated rings. The minimum atomic E-state index is 0.622. The molecule has 1 aliphatic rings. The van der Waals surface area contributed by atoms with Gasteiger partial charge in [0.15, 0.2) is 0 Å². The van der Waals surface area contributed by atoms with Crippen LogP contribution in [0.3, 0.4) is 0 Å². The van der Waals surface area contributed by atoms with E-state index in [9.17, 15) is 0 Å². The van der Waals surface area contributed by atoms with Gasteiger partial charge in [0.05, 0.1) is 11.2 Å². The molecule has 2 rings (SSSR count). The smallest absolute Gasteiger partial charge is 0.0798 e. The Morgan fingerprint density at radius 3 is 3.13 bits per heavy atom. The summed E-state index contributed by atoms with van der Waals surface area (Å²) in [5.41, 5.74) is 8.83. The topological polar surface area (TPSA) is 50.9 Å². The van der Waals surface area contributed by atoms with Crippen molar-refractivity contribution in [3.8, 4) is 0 Å². The molecule has 0 spiro atoms. The number of nitrogens with zero attached hydrogens (tertiary/aromatic N) is 1. The second-order valence-electron chi connectivity index (χ2n) is 4.28. The summed E-state index contributed by atoms with van der Waals surface area (Å²) in [6, 6.07) is 0.622. The van der Waals surface area contributed by atoms with Crippen molar-refractivity contribution in [1.82, 2.24) is 10.3 Å². The molecule has 0 aliphatic heterocycles. The van der Waals surface area contributed by atoms with E-state index in [0.717, 1.165) is 18.8 Å². The third-order valence-electron chi connectivity index (χ3n) is 3.33. The fourth-order valence-electron chi connectivity index (χ4n) is 2.31. The number of nitrogens with one attached hydrogen (secondary N) is 1. The fraction of sp³-hybridized carbons (Fsp3) is 0.727. The van der Waals surface area contributed by atoms with Gasteiger partial charge in [-0.3, -0.25) is 0 Å². The van der Waals surface area contributed by atoms with Crippen LogP contribution in [0.15, 0.2) is 5.51 Å². The van der Waals surface area contributed by atoms with Crippen molar-refractivity contribution in [3.05, 3.63) is 16.1 Å². The van der Waals surface area contributed by atoms with E-state index in [1.165, 1.54) is 24.1 Å². The van der Waals surface area contributed by atoms with E-state index >= 15 is 0 Å². The van der Waals surface area contributed by atoms with Crippen LogP contribution in [-0.2, 0) is 6.54 Å². The number of hydrogen-bond acceptors (Lipinski definition) is 4. The van der Waals surface area contributed by atoms with Crippen molar-refractivity contribution < 1.29 is 0 Å². The SMILES string of the molecule is Cc1ncsc1CNC1CCCC1CN. The summed E-state index contributed by atoms with van der Waals surface area (Å²) in [7, 11) is 0. The number of aryl methyl sites for hydroxylation is 1. The van der Waals surface area contributed by atoms with Crippen LogP contribution >= 0.6 is 11.3 Å². The van der Waals surface area contributed by atoms with Crippen LogP contribution in [-0.4, -0.2) is 17.6 Å². The zero-order chi connectivity index (χ0) is 10.7. The Labute approximate surface area is 95.1 Å². The number of hydrogen-bond donors (Lipinski definition) is 2. The van der Waals surface area contributed by atoms with E-state index in [1.54, 1.807) is 11.3 Å². The lowest BCUT2D eigenvalue weighted by Crippen LogP contribution is -2.35. The number of rotatable bonds is 4. The molecule has 0 aromatic carbocycles. The molecule has 1 heterocycles. The number of thiazole rings is 1. The molecular formula is C11H19N3S. The zero-order valence-corrected chi connectivity index (χ0v) is 10.0. The van der Waals surface area contributed by atoms with Gasteiger partial charge < -0.3 is 11.1 Å². The third-order valence-corrected chi connectivity index (χ3v) is 4.27. The summed E-state index contributed by atoms with van der Waals surface area (Å²) < 4.78 is 0. The molecule has 15 heavy (non-hydrogen) atoms. The first-order valence-electron chi connectivity index (χ1n) is 5.63. The van der Waals surface area contributed by atoms with Gasteiger partial charge in [0.2, 0.25) is 0 Å². The van der Waals surface area contributed by atoms with Crippen LogP contribution in [0.25, 0.3) is 0 Å². The minimum Gasteiger partial charge on any atom is -0.330 e. The highest BCUT2D eigenvalue weighted by atomic mass is 32.1. The first-order chi connectivity index (χ1) is 7.31. The lowest BCUT2D eigenvalue weighted by Gasteiger charge is -2.19. The summed E-state index contributed by atoms with van der Waals surface area (Å²) in [6.07, 6.45) is 3.89. The van der Waals surface area contributed by atoms with Gasteiger partial charge in [-0.15, -0.1) is 11.3 Å². The van der Waals surface area contributed by atoms with Gasteiger partial charge in [0.25, 0.3) is 0 Å². The van der Waals surface area contributed by atoms with Gasteiger partial charge >= 0.3 is 0 Å². The first kappa shape index (κ1) is 11.0. The fourth-order valence-corrected chi connectivity index (χ4v) is 3.04. The number of nitrogens with two attached hydrogens (primary N) is 1. The molecule has 2 atom stereocenters. The molecule has 1 saturated carbocycles. The Hall–Kier alpha value is -0.450. The van der Waals surface area contributed by atoms with E-state index in [0.29, 0.717) is 12.0 Å². The van der Waals surface area contributed by atoms with Crippen molar-refractivity contribution in [2.24, 2.45) is 11.7 Å². The molecule has 1 aromatic rings. The summed E-state index contributed by atoms with van der Waals surface area (Å²) in [5, 5.41) is 3.62. The molecule has 1 aliphatic carbocycles. The maximum atomic E-state index is 5.75. The average molecular weight is 225 g/mol. The van der Waals surface area contributed by atoms with Crippen LogP contribution in [0.4, 0.5) is 0 Å². The highest BCUT2D eigenvalue weighted by Crippen LogP contribution is 2.25. The predicted octanol–water partition coefficient (Wildman–Crippen LogP) is 1.67. The van der Waals surface area contributed by atoms with Gasteiger partial charge in [0.1, 0.15) is 0 Å². The minimum absolute atomic E-state index is 0.622. The second kappa shape index (κ2) is 5.05. The quantitative estimate of drug-likeness (QED) is 0.819. The highest BCUT2D eigenvalue weighted by molar-refractivity contribution is 7.09. The van der Waals surface area contributed by atoms with Gasteiger partial charge in [0, 0.05) is 17.5 Å². The van der Waals surface area contributed by atoms with Gasteiger partial charge in [-0.25, -0.2) is 4.98 Å². The second-order valence-corrected chi connectivity index (χ2v) is 5.21. The van der Waals surface area contributed by atoms with Crippen molar-refractivity contribution in [2.75, 3.05) is 6.54 Å². The summed E-state index contributed by atoms with van der Waals surface area (Å²) in [4.78, 5) is 5.61. The van der Waals surface area contributed by atoms with Crippen LogP contribution in [0.1, 0.15) is 29.8 Å². The lowest BCUT2D eigenvalue weighted by atomic mass is 10.0. The van der Waals surface area contributed by atoms with E-state index in [-0.39, 0.29) is 0 Å². The Morgan fingerprint density at radius 2 is 2.47 bits per heavy atom. The molecule has 0 saturated heterocycles. The number of aromatic nitrogens is 1. The molecule has 2 unspecified atom stereocenters. The molecule has 1 aromatic heterocycles. The maximum Gasteiger partial charge on any atom is 0.0798 e. The molecule has 0 amide bonds. The van der Waals surface area contributed by atoms with Crippen LogP contribution < -0.4 is 11.1 Å². The Morgan fingerprint density at radius 1 is 1.60 bits per heavy atom. The summed E-state index contributed by atoms with van der Waals surface area (Å²) in [5.74, 6) is 0.679.